The number of fused-ring (bicyclic) bond motifs is 2. The zero-order chi connectivity index (χ0) is 22.4. The topological polar surface area (TPSA) is 92.9 Å². The summed E-state index contributed by atoms with van der Waals surface area (Å²) in [6.45, 7) is 4.14. The van der Waals surface area contributed by atoms with E-state index < -0.39 is 0 Å². The first-order valence-electron chi connectivity index (χ1n) is 11.1. The van der Waals surface area contributed by atoms with Crippen molar-refractivity contribution in [3.8, 4) is 17.6 Å². The standard InChI is InChI=1S/C25H26N6O/c1-3-31-22(13-16-6-4-7-18(14-26)23(16)31)24-28-20-12-17(9-10-21(20)29(24)2)25(32)30-11-5-8-19(27)15-30/h4,6-7,9-10,12-13,19H,3,5,8,11,15,27H2,1-2H3/t19-/m1/s1. The van der Waals surface area contributed by atoms with Crippen LogP contribution in [0, 0.1) is 11.3 Å². The number of likely N-dealkylation sites (tertiary alicyclic amines) is 1. The number of aromatic nitrogens is 3. The van der Waals surface area contributed by atoms with Crippen LogP contribution in [0.4, 0.5) is 0 Å². The molecular formula is C25H26N6O. The van der Waals surface area contributed by atoms with Crippen molar-refractivity contribution in [3.05, 3.63) is 53.6 Å². The number of rotatable bonds is 3. The van der Waals surface area contributed by atoms with Gasteiger partial charge in [-0.3, -0.25) is 4.79 Å². The van der Waals surface area contributed by atoms with Gasteiger partial charge in [-0.25, -0.2) is 4.98 Å². The summed E-state index contributed by atoms with van der Waals surface area (Å²) in [5.74, 6) is 0.821. The van der Waals surface area contributed by atoms with Crippen molar-refractivity contribution in [2.24, 2.45) is 12.8 Å². The van der Waals surface area contributed by atoms with E-state index in [-0.39, 0.29) is 11.9 Å². The van der Waals surface area contributed by atoms with Crippen LogP contribution in [-0.4, -0.2) is 44.1 Å². The third kappa shape index (κ3) is 3.15. The molecular weight excluding hydrogens is 400 g/mol. The van der Waals surface area contributed by atoms with Gasteiger partial charge in [0.2, 0.25) is 0 Å². The van der Waals surface area contributed by atoms with Crippen molar-refractivity contribution in [2.75, 3.05) is 13.1 Å². The molecule has 32 heavy (non-hydrogen) atoms. The number of para-hydroxylation sites is 1. The van der Waals surface area contributed by atoms with Gasteiger partial charge in [-0.1, -0.05) is 12.1 Å². The number of nitriles is 1. The highest BCUT2D eigenvalue weighted by atomic mass is 16.2. The van der Waals surface area contributed by atoms with Gasteiger partial charge in [0.15, 0.2) is 5.82 Å². The van der Waals surface area contributed by atoms with Crippen LogP contribution in [-0.2, 0) is 13.6 Å². The Kier molecular flexibility index (Phi) is 4.95. The largest absolute Gasteiger partial charge is 0.337 e. The van der Waals surface area contributed by atoms with Gasteiger partial charge < -0.3 is 19.8 Å². The van der Waals surface area contributed by atoms with Crippen molar-refractivity contribution in [1.82, 2.24) is 19.0 Å². The molecule has 2 aromatic carbocycles. The summed E-state index contributed by atoms with van der Waals surface area (Å²) in [5, 5.41) is 10.6. The number of carbonyl (C=O) groups is 1. The third-order valence-electron chi connectivity index (χ3n) is 6.46. The van der Waals surface area contributed by atoms with Crippen LogP contribution in [0.25, 0.3) is 33.5 Å². The maximum absolute atomic E-state index is 13.0. The highest BCUT2D eigenvalue weighted by Gasteiger charge is 2.24. The maximum Gasteiger partial charge on any atom is 0.253 e. The van der Waals surface area contributed by atoms with E-state index in [0.717, 1.165) is 59.4 Å². The average Bonchev–Trinajstić information content (AvgIpc) is 3.35. The molecule has 2 aromatic heterocycles. The number of nitrogens with zero attached hydrogens (tertiary/aromatic N) is 5. The van der Waals surface area contributed by atoms with Crippen LogP contribution in [0.2, 0.25) is 0 Å². The minimum Gasteiger partial charge on any atom is -0.337 e. The van der Waals surface area contributed by atoms with Gasteiger partial charge in [-0.05, 0) is 50.1 Å². The Morgan fingerprint density at radius 2 is 2.12 bits per heavy atom. The lowest BCUT2D eigenvalue weighted by molar-refractivity contribution is 0.0709. The predicted octanol–water partition coefficient (Wildman–Crippen LogP) is 3.65. The number of hydrogen-bond acceptors (Lipinski definition) is 4. The van der Waals surface area contributed by atoms with Crippen molar-refractivity contribution < 1.29 is 4.79 Å². The van der Waals surface area contributed by atoms with Crippen molar-refractivity contribution in [3.63, 3.8) is 0 Å². The minimum atomic E-state index is 0.00980. The normalized spacial score (nSPS) is 16.6. The monoisotopic (exact) mass is 426 g/mol. The van der Waals surface area contributed by atoms with Crippen LogP contribution in [0.5, 0.6) is 0 Å². The number of benzene rings is 2. The highest BCUT2D eigenvalue weighted by molar-refractivity contribution is 5.98. The van der Waals surface area contributed by atoms with E-state index in [1.165, 1.54) is 0 Å². The Hall–Kier alpha value is -3.63. The van der Waals surface area contributed by atoms with Crippen molar-refractivity contribution >= 4 is 27.8 Å². The SMILES string of the molecule is CCn1c(-c2nc3cc(C(=O)N4CCC[C@@H](N)C4)ccc3n2C)cc2cccc(C#N)c21. The summed E-state index contributed by atoms with van der Waals surface area (Å²) in [6, 6.07) is 15.9. The molecule has 3 heterocycles. The minimum absolute atomic E-state index is 0.00980. The van der Waals surface area contributed by atoms with E-state index in [1.54, 1.807) is 0 Å². The molecule has 0 saturated carbocycles. The van der Waals surface area contributed by atoms with Crippen molar-refractivity contribution in [1.29, 1.82) is 5.26 Å². The molecule has 1 aliphatic heterocycles. The van der Waals surface area contributed by atoms with Gasteiger partial charge in [-0.2, -0.15) is 5.26 Å². The van der Waals surface area contributed by atoms with Gasteiger partial charge in [-0.15, -0.1) is 0 Å². The van der Waals surface area contributed by atoms with E-state index in [1.807, 2.05) is 52.9 Å². The summed E-state index contributed by atoms with van der Waals surface area (Å²) in [7, 11) is 1.98. The molecule has 1 saturated heterocycles. The Morgan fingerprint density at radius 3 is 2.88 bits per heavy atom. The molecule has 7 nitrogen and oxygen atoms in total. The molecule has 1 fully saturated rings. The van der Waals surface area contributed by atoms with Crippen LogP contribution in [0.15, 0.2) is 42.5 Å². The van der Waals surface area contributed by atoms with Gasteiger partial charge in [0, 0.05) is 43.7 Å². The molecule has 0 aliphatic carbocycles. The Bertz CT molecular complexity index is 1390. The molecule has 2 N–H and O–H groups in total. The van der Waals surface area contributed by atoms with Crippen LogP contribution < -0.4 is 5.73 Å². The first-order chi connectivity index (χ1) is 15.5. The summed E-state index contributed by atoms with van der Waals surface area (Å²) < 4.78 is 4.18. The lowest BCUT2D eigenvalue weighted by Crippen LogP contribution is -2.45. The second-order valence-corrected chi connectivity index (χ2v) is 8.48. The molecule has 1 atom stereocenters. The highest BCUT2D eigenvalue weighted by Crippen LogP contribution is 2.32. The predicted molar refractivity (Wildman–Crippen MR) is 125 cm³/mol. The number of imidazole rings is 1. The molecule has 0 bridgehead atoms. The molecule has 0 unspecified atom stereocenters. The van der Waals surface area contributed by atoms with Crippen LogP contribution in [0.3, 0.4) is 0 Å². The number of hydrogen-bond donors (Lipinski definition) is 1. The lowest BCUT2D eigenvalue weighted by atomic mass is 10.1. The number of aryl methyl sites for hydroxylation is 2. The molecule has 0 spiro atoms. The summed E-state index contributed by atoms with van der Waals surface area (Å²) in [4.78, 5) is 19.8. The smallest absolute Gasteiger partial charge is 0.253 e. The fourth-order valence-electron chi connectivity index (χ4n) is 4.87. The second-order valence-electron chi connectivity index (χ2n) is 8.48. The number of amides is 1. The summed E-state index contributed by atoms with van der Waals surface area (Å²) >= 11 is 0. The zero-order valence-corrected chi connectivity index (χ0v) is 18.4. The van der Waals surface area contributed by atoms with Crippen molar-refractivity contribution in [2.45, 2.75) is 32.4 Å². The Balaban J connectivity index is 1.60. The van der Waals surface area contributed by atoms with Crippen LogP contribution >= 0.6 is 0 Å². The lowest BCUT2D eigenvalue weighted by Gasteiger charge is -2.30. The first-order valence-corrected chi connectivity index (χ1v) is 11.1. The molecule has 4 aromatic rings. The zero-order valence-electron chi connectivity index (χ0n) is 18.4. The Labute approximate surface area is 186 Å². The van der Waals surface area contributed by atoms with Gasteiger partial charge in [0.05, 0.1) is 27.8 Å². The molecule has 1 aliphatic rings. The molecule has 162 valence electrons. The maximum atomic E-state index is 13.0. The van der Waals surface area contributed by atoms with E-state index in [2.05, 4.69) is 23.6 Å². The average molecular weight is 427 g/mol. The second kappa shape index (κ2) is 7.81. The Morgan fingerprint density at radius 1 is 1.28 bits per heavy atom. The van der Waals surface area contributed by atoms with E-state index >= 15 is 0 Å². The fraction of sp³-hybridized carbons (Fsp3) is 0.320. The quantitative estimate of drug-likeness (QED) is 0.541. The van der Waals surface area contributed by atoms with Gasteiger partial charge in [0.1, 0.15) is 6.07 Å². The third-order valence-corrected chi connectivity index (χ3v) is 6.46. The van der Waals surface area contributed by atoms with E-state index in [9.17, 15) is 10.1 Å². The number of carbonyl (C=O) groups excluding carboxylic acids is 1. The number of nitrogens with two attached hydrogens (primary N) is 1. The first kappa shape index (κ1) is 20.3. The molecule has 5 rings (SSSR count). The molecule has 0 radical (unpaired) electrons. The van der Waals surface area contributed by atoms with E-state index in [0.29, 0.717) is 17.7 Å². The fourth-order valence-corrected chi connectivity index (χ4v) is 4.87. The summed E-state index contributed by atoms with van der Waals surface area (Å²) in [6.07, 6.45) is 1.90. The van der Waals surface area contributed by atoms with Gasteiger partial charge >= 0.3 is 0 Å². The van der Waals surface area contributed by atoms with Gasteiger partial charge in [0.25, 0.3) is 5.91 Å². The molecule has 7 heteroatoms. The van der Waals surface area contributed by atoms with Crippen LogP contribution in [0.1, 0.15) is 35.7 Å². The summed E-state index contributed by atoms with van der Waals surface area (Å²) in [5.41, 5.74) is 11.0. The van der Waals surface area contributed by atoms with E-state index in [4.69, 9.17) is 10.7 Å². The molecule has 1 amide bonds. The number of piperidine rings is 1.